The highest BCUT2D eigenvalue weighted by Crippen LogP contribution is 2.22. The number of hydrogen-bond donors (Lipinski definition) is 0. The summed E-state index contributed by atoms with van der Waals surface area (Å²) in [6, 6.07) is 12.2. The molecule has 142 valence electrons. The molecule has 0 radical (unpaired) electrons. The van der Waals surface area contributed by atoms with E-state index in [4.69, 9.17) is 4.74 Å². The summed E-state index contributed by atoms with van der Waals surface area (Å²) in [6.45, 7) is 0.955. The Hall–Kier alpha value is -1.56. The monoisotopic (exact) mass is 516 g/mol. The molecule has 0 unspecified atom stereocenters. The number of halogens is 1. The fourth-order valence-electron chi connectivity index (χ4n) is 2.55. The first-order chi connectivity index (χ1) is 12.8. The van der Waals surface area contributed by atoms with E-state index in [0.717, 1.165) is 13.8 Å². The van der Waals surface area contributed by atoms with Crippen molar-refractivity contribution >= 4 is 59.9 Å². The third-order valence-corrected chi connectivity index (χ3v) is 6.99. The fourth-order valence-corrected chi connectivity index (χ4v) is 4.98. The van der Waals surface area contributed by atoms with Gasteiger partial charge in [0.15, 0.2) is 14.6 Å². The summed E-state index contributed by atoms with van der Waals surface area (Å²) in [6.07, 6.45) is 1.17. The molecule has 0 saturated heterocycles. The molecule has 0 bridgehead atoms. The minimum Gasteiger partial charge on any atom is -0.383 e. The molecule has 0 aliphatic rings. The van der Waals surface area contributed by atoms with Gasteiger partial charge < -0.3 is 9.30 Å². The molecule has 1 amide bonds. The molecule has 0 aliphatic carbocycles. The zero-order valence-electron chi connectivity index (χ0n) is 14.7. The molecule has 0 fully saturated rings. The van der Waals surface area contributed by atoms with Crippen LogP contribution in [0.1, 0.15) is 10.4 Å². The predicted molar refractivity (Wildman–Crippen MR) is 114 cm³/mol. The van der Waals surface area contributed by atoms with Gasteiger partial charge >= 0.3 is 0 Å². The van der Waals surface area contributed by atoms with Gasteiger partial charge in [-0.15, -0.1) is 0 Å². The molecule has 2 aromatic carbocycles. The Morgan fingerprint density at radius 3 is 2.67 bits per heavy atom. The van der Waals surface area contributed by atoms with Gasteiger partial charge in [-0.1, -0.05) is 23.5 Å². The highest BCUT2D eigenvalue weighted by atomic mass is 127. The van der Waals surface area contributed by atoms with E-state index in [2.05, 4.69) is 27.6 Å². The molecule has 0 aliphatic heterocycles. The van der Waals surface area contributed by atoms with Crippen molar-refractivity contribution in [3.63, 3.8) is 0 Å². The molecule has 0 N–H and O–H groups in total. The smallest absolute Gasteiger partial charge is 0.280 e. The van der Waals surface area contributed by atoms with E-state index in [1.807, 2.05) is 16.7 Å². The Morgan fingerprint density at radius 2 is 2.00 bits per heavy atom. The van der Waals surface area contributed by atoms with Crippen molar-refractivity contribution in [2.24, 2.45) is 4.99 Å². The van der Waals surface area contributed by atoms with Crippen LogP contribution in [0, 0.1) is 3.57 Å². The predicted octanol–water partition coefficient (Wildman–Crippen LogP) is 3.10. The summed E-state index contributed by atoms with van der Waals surface area (Å²) in [4.78, 5) is 17.7. The first-order valence-electron chi connectivity index (χ1n) is 7.97. The summed E-state index contributed by atoms with van der Waals surface area (Å²) in [5, 5.41) is 0. The SMILES string of the molecule is COCCn1c(=NC(=O)c2ccccc2I)sc2cc(S(C)(=O)=O)ccc21. The fraction of sp³-hybridized carbons (Fsp3) is 0.222. The van der Waals surface area contributed by atoms with Crippen LogP contribution in [0.25, 0.3) is 10.2 Å². The average molecular weight is 516 g/mol. The Balaban J connectivity index is 2.18. The van der Waals surface area contributed by atoms with E-state index in [9.17, 15) is 13.2 Å². The molecule has 1 aromatic heterocycles. The second kappa shape index (κ2) is 8.21. The standard InChI is InChI=1S/C18H17IN2O4S2/c1-25-10-9-21-15-8-7-12(27(2,23)24)11-16(15)26-18(21)20-17(22)13-5-3-4-6-14(13)19/h3-8,11H,9-10H2,1-2H3. The first kappa shape index (κ1) is 20.2. The van der Waals surface area contributed by atoms with Gasteiger partial charge in [0.2, 0.25) is 0 Å². The topological polar surface area (TPSA) is 77.7 Å². The number of methoxy groups -OCH3 is 1. The number of sulfone groups is 1. The lowest BCUT2D eigenvalue weighted by Crippen LogP contribution is -2.19. The largest absolute Gasteiger partial charge is 0.383 e. The van der Waals surface area contributed by atoms with Crippen LogP contribution in [0.15, 0.2) is 52.4 Å². The Morgan fingerprint density at radius 1 is 1.26 bits per heavy atom. The van der Waals surface area contributed by atoms with E-state index >= 15 is 0 Å². The number of aromatic nitrogens is 1. The molecule has 9 heteroatoms. The quantitative estimate of drug-likeness (QED) is 0.489. The molecule has 1 heterocycles. The van der Waals surface area contributed by atoms with Gasteiger partial charge in [-0.2, -0.15) is 4.99 Å². The zero-order chi connectivity index (χ0) is 19.6. The summed E-state index contributed by atoms with van der Waals surface area (Å²) < 4.78 is 32.3. The van der Waals surface area contributed by atoms with Crippen LogP contribution in [0.3, 0.4) is 0 Å². The molecular formula is C18H17IN2O4S2. The van der Waals surface area contributed by atoms with Crippen molar-refractivity contribution in [3.05, 3.63) is 56.4 Å². The Kier molecular flexibility index (Phi) is 6.14. The maximum absolute atomic E-state index is 12.7. The number of fused-ring (bicyclic) bond motifs is 1. The minimum absolute atomic E-state index is 0.241. The van der Waals surface area contributed by atoms with Gasteiger partial charge in [0, 0.05) is 23.5 Å². The molecule has 0 spiro atoms. The number of benzene rings is 2. The number of hydrogen-bond acceptors (Lipinski definition) is 5. The molecule has 3 rings (SSSR count). The van der Waals surface area contributed by atoms with Crippen LogP contribution in [0.4, 0.5) is 0 Å². The van der Waals surface area contributed by atoms with Crippen LogP contribution >= 0.6 is 33.9 Å². The number of ether oxygens (including phenoxy) is 1. The summed E-state index contributed by atoms with van der Waals surface area (Å²) in [7, 11) is -1.71. The Labute approximate surface area is 174 Å². The second-order valence-corrected chi connectivity index (χ2v) is 10.0. The van der Waals surface area contributed by atoms with Crippen LogP contribution in [-0.2, 0) is 21.1 Å². The van der Waals surface area contributed by atoms with E-state index in [1.165, 1.54) is 17.6 Å². The molecule has 0 saturated carbocycles. The first-order valence-corrected chi connectivity index (χ1v) is 11.8. The molecule has 27 heavy (non-hydrogen) atoms. The lowest BCUT2D eigenvalue weighted by Gasteiger charge is -2.05. The lowest BCUT2D eigenvalue weighted by atomic mass is 10.2. The number of rotatable bonds is 5. The van der Waals surface area contributed by atoms with Crippen molar-refractivity contribution in [1.29, 1.82) is 0 Å². The van der Waals surface area contributed by atoms with Crippen LogP contribution in [-0.4, -0.2) is 38.9 Å². The summed E-state index contributed by atoms with van der Waals surface area (Å²) >= 11 is 3.39. The van der Waals surface area contributed by atoms with Crippen LogP contribution < -0.4 is 4.80 Å². The van der Waals surface area contributed by atoms with Gasteiger partial charge in [0.05, 0.1) is 27.3 Å². The van der Waals surface area contributed by atoms with Crippen molar-refractivity contribution in [3.8, 4) is 0 Å². The van der Waals surface area contributed by atoms with Gasteiger partial charge in [-0.05, 0) is 52.9 Å². The second-order valence-electron chi connectivity index (χ2n) is 5.83. The van der Waals surface area contributed by atoms with Crippen molar-refractivity contribution in [2.75, 3.05) is 20.0 Å². The zero-order valence-corrected chi connectivity index (χ0v) is 18.5. The Bertz CT molecular complexity index is 1180. The van der Waals surface area contributed by atoms with Gasteiger partial charge in [0.1, 0.15) is 0 Å². The number of amides is 1. The third-order valence-electron chi connectivity index (χ3n) is 3.90. The molecular weight excluding hydrogens is 499 g/mol. The van der Waals surface area contributed by atoms with Crippen molar-refractivity contribution < 1.29 is 17.9 Å². The third kappa shape index (κ3) is 4.48. The van der Waals surface area contributed by atoms with Gasteiger partial charge in [0.25, 0.3) is 5.91 Å². The van der Waals surface area contributed by atoms with E-state index in [1.54, 1.807) is 37.4 Å². The summed E-state index contributed by atoms with van der Waals surface area (Å²) in [5.74, 6) is -0.332. The van der Waals surface area contributed by atoms with E-state index in [-0.39, 0.29) is 10.8 Å². The molecule has 6 nitrogen and oxygen atoms in total. The highest BCUT2D eigenvalue weighted by molar-refractivity contribution is 14.1. The average Bonchev–Trinajstić information content (AvgIpc) is 2.95. The van der Waals surface area contributed by atoms with Crippen molar-refractivity contribution in [2.45, 2.75) is 11.4 Å². The number of thiazole rings is 1. The van der Waals surface area contributed by atoms with Gasteiger partial charge in [-0.25, -0.2) is 8.42 Å². The number of nitrogens with zero attached hydrogens (tertiary/aromatic N) is 2. The van der Waals surface area contributed by atoms with Crippen molar-refractivity contribution in [1.82, 2.24) is 4.57 Å². The highest BCUT2D eigenvalue weighted by Gasteiger charge is 2.14. The minimum atomic E-state index is -3.31. The normalized spacial score (nSPS) is 12.6. The number of carbonyl (C=O) groups excluding carboxylic acids is 1. The van der Waals surface area contributed by atoms with Crippen LogP contribution in [0.5, 0.6) is 0 Å². The number of carbonyl (C=O) groups is 1. The lowest BCUT2D eigenvalue weighted by molar-refractivity contribution is 0.0996. The van der Waals surface area contributed by atoms with E-state index in [0.29, 0.717) is 23.5 Å². The van der Waals surface area contributed by atoms with Crippen LogP contribution in [0.2, 0.25) is 0 Å². The maximum atomic E-state index is 12.7. The van der Waals surface area contributed by atoms with E-state index < -0.39 is 9.84 Å². The maximum Gasteiger partial charge on any atom is 0.280 e. The summed E-state index contributed by atoms with van der Waals surface area (Å²) in [5.41, 5.74) is 1.35. The molecule has 3 aromatic rings. The molecule has 0 atom stereocenters. The van der Waals surface area contributed by atoms with Gasteiger partial charge in [-0.3, -0.25) is 4.79 Å².